The van der Waals surface area contributed by atoms with Crippen LogP contribution < -0.4 is 20.4 Å². The summed E-state index contributed by atoms with van der Waals surface area (Å²) in [5, 5.41) is 6.05. The molecule has 0 spiro atoms. The van der Waals surface area contributed by atoms with Gasteiger partial charge in [0.25, 0.3) is 5.91 Å². The minimum atomic E-state index is -0.386. The number of benzene rings is 2. The summed E-state index contributed by atoms with van der Waals surface area (Å²) in [6, 6.07) is 12.6. The molecular formula is C26H27FN6O3. The van der Waals surface area contributed by atoms with E-state index in [-0.39, 0.29) is 23.7 Å². The van der Waals surface area contributed by atoms with E-state index in [0.717, 1.165) is 30.8 Å². The Balaban J connectivity index is 1.24. The maximum Gasteiger partial charge on any atom is 0.255 e. The number of methoxy groups -OCH3 is 1. The van der Waals surface area contributed by atoms with Gasteiger partial charge in [0.2, 0.25) is 11.9 Å². The van der Waals surface area contributed by atoms with Gasteiger partial charge in [-0.15, -0.1) is 0 Å². The Kier molecular flexibility index (Phi) is 6.77. The van der Waals surface area contributed by atoms with Gasteiger partial charge in [-0.1, -0.05) is 12.1 Å². The third kappa shape index (κ3) is 4.85. The van der Waals surface area contributed by atoms with Gasteiger partial charge < -0.3 is 25.2 Å². The molecule has 0 radical (unpaired) electrons. The molecule has 10 heteroatoms. The summed E-state index contributed by atoms with van der Waals surface area (Å²) in [6.07, 6.45) is 3.46. The minimum Gasteiger partial charge on any atom is -0.383 e. The molecule has 1 aromatic heterocycles. The van der Waals surface area contributed by atoms with Gasteiger partial charge in [-0.2, -0.15) is 4.98 Å². The molecule has 0 unspecified atom stereocenters. The van der Waals surface area contributed by atoms with Crippen LogP contribution in [0.2, 0.25) is 0 Å². The van der Waals surface area contributed by atoms with Crippen molar-refractivity contribution in [3.63, 3.8) is 0 Å². The van der Waals surface area contributed by atoms with E-state index in [0.29, 0.717) is 42.6 Å². The number of carbonyl (C=O) groups is 2. The summed E-state index contributed by atoms with van der Waals surface area (Å²) in [5.74, 6) is 0.636. The van der Waals surface area contributed by atoms with E-state index in [1.807, 2.05) is 12.1 Å². The van der Waals surface area contributed by atoms with E-state index in [2.05, 4.69) is 20.5 Å². The molecule has 186 valence electrons. The molecule has 3 heterocycles. The van der Waals surface area contributed by atoms with Crippen molar-refractivity contribution in [1.82, 2.24) is 9.97 Å². The SMILES string of the molecule is COCCN1C(=O)[C@H]2CCCN2c2nc(NCc3ccc(NC(=O)c4ccc(F)cc4)cc3)ncc21. The number of nitrogens with zero attached hydrogens (tertiary/aromatic N) is 4. The average Bonchev–Trinajstić information content (AvgIpc) is 3.39. The van der Waals surface area contributed by atoms with E-state index in [9.17, 15) is 14.0 Å². The first kappa shape index (κ1) is 23.7. The molecule has 0 aliphatic carbocycles. The minimum absolute atomic E-state index is 0.0768. The van der Waals surface area contributed by atoms with Gasteiger partial charge in [0.15, 0.2) is 5.82 Å². The smallest absolute Gasteiger partial charge is 0.255 e. The van der Waals surface area contributed by atoms with Crippen molar-refractivity contribution in [2.24, 2.45) is 0 Å². The Bertz CT molecular complexity index is 1250. The highest BCUT2D eigenvalue weighted by Gasteiger charge is 2.41. The lowest BCUT2D eigenvalue weighted by atomic mass is 10.1. The molecule has 2 aliphatic rings. The van der Waals surface area contributed by atoms with Gasteiger partial charge in [-0.3, -0.25) is 9.59 Å². The number of hydrogen-bond acceptors (Lipinski definition) is 7. The van der Waals surface area contributed by atoms with Crippen LogP contribution in [0.15, 0.2) is 54.7 Å². The predicted molar refractivity (Wildman–Crippen MR) is 135 cm³/mol. The molecule has 2 N–H and O–H groups in total. The van der Waals surface area contributed by atoms with Gasteiger partial charge in [0.1, 0.15) is 17.5 Å². The second-order valence-electron chi connectivity index (χ2n) is 8.75. The fraction of sp³-hybridized carbons (Fsp3) is 0.308. The molecule has 5 rings (SSSR count). The number of nitrogens with one attached hydrogen (secondary N) is 2. The maximum atomic E-state index is 13.1. The number of hydrogen-bond donors (Lipinski definition) is 2. The van der Waals surface area contributed by atoms with Crippen LogP contribution in [-0.2, 0) is 16.1 Å². The zero-order chi connectivity index (χ0) is 25.1. The van der Waals surface area contributed by atoms with Crippen LogP contribution >= 0.6 is 0 Å². The first-order valence-corrected chi connectivity index (χ1v) is 11.9. The Labute approximate surface area is 208 Å². The zero-order valence-corrected chi connectivity index (χ0v) is 19.9. The molecule has 9 nitrogen and oxygen atoms in total. The molecule has 36 heavy (non-hydrogen) atoms. The van der Waals surface area contributed by atoms with Crippen LogP contribution in [-0.4, -0.2) is 54.6 Å². The highest BCUT2D eigenvalue weighted by Crippen LogP contribution is 2.38. The standard InChI is InChI=1S/C26H27FN6O3/c1-36-14-13-33-22-16-29-26(31-23(22)32-12-2-3-21(32)25(33)35)28-15-17-4-10-20(11-5-17)30-24(34)18-6-8-19(27)9-7-18/h4-11,16,21H,2-3,12-15H2,1H3,(H,30,34)(H,28,29,31)/t21-/m1/s1. The molecule has 3 aromatic rings. The number of ether oxygens (including phenoxy) is 1. The summed E-state index contributed by atoms with van der Waals surface area (Å²) in [6.45, 7) is 2.19. The average molecular weight is 491 g/mol. The molecule has 0 bridgehead atoms. The fourth-order valence-corrected chi connectivity index (χ4v) is 4.53. The highest BCUT2D eigenvalue weighted by atomic mass is 19.1. The lowest BCUT2D eigenvalue weighted by Crippen LogP contribution is -2.52. The van der Waals surface area contributed by atoms with Crippen LogP contribution in [0.3, 0.4) is 0 Å². The number of carbonyl (C=O) groups excluding carboxylic acids is 2. The van der Waals surface area contributed by atoms with Gasteiger partial charge >= 0.3 is 0 Å². The number of anilines is 4. The fourth-order valence-electron chi connectivity index (χ4n) is 4.53. The van der Waals surface area contributed by atoms with Gasteiger partial charge in [0, 0.05) is 38.0 Å². The van der Waals surface area contributed by atoms with Crippen molar-refractivity contribution < 1.29 is 18.7 Å². The molecule has 1 saturated heterocycles. The number of halogens is 1. The first-order valence-electron chi connectivity index (χ1n) is 11.9. The van der Waals surface area contributed by atoms with Crippen LogP contribution in [0.4, 0.5) is 27.5 Å². The van der Waals surface area contributed by atoms with Crippen LogP contribution in [0.5, 0.6) is 0 Å². The van der Waals surface area contributed by atoms with Crippen molar-refractivity contribution in [3.8, 4) is 0 Å². The zero-order valence-electron chi connectivity index (χ0n) is 19.9. The molecule has 1 atom stereocenters. The lowest BCUT2D eigenvalue weighted by molar-refractivity contribution is -0.120. The van der Waals surface area contributed by atoms with Crippen LogP contribution in [0, 0.1) is 5.82 Å². The number of aromatic nitrogens is 2. The topological polar surface area (TPSA) is 99.7 Å². The van der Waals surface area contributed by atoms with Crippen molar-refractivity contribution in [3.05, 3.63) is 71.7 Å². The Hall–Kier alpha value is -4.05. The summed E-state index contributed by atoms with van der Waals surface area (Å²) in [5.41, 5.74) is 2.71. The molecule has 2 aromatic carbocycles. The van der Waals surface area contributed by atoms with E-state index in [1.165, 1.54) is 24.3 Å². The lowest BCUT2D eigenvalue weighted by Gasteiger charge is -2.38. The van der Waals surface area contributed by atoms with E-state index < -0.39 is 0 Å². The molecule has 2 aliphatic heterocycles. The van der Waals surface area contributed by atoms with Gasteiger partial charge in [-0.25, -0.2) is 9.37 Å². The van der Waals surface area contributed by atoms with E-state index in [4.69, 9.17) is 9.72 Å². The Morgan fingerprint density at radius 2 is 1.94 bits per heavy atom. The molecular weight excluding hydrogens is 463 g/mol. The second kappa shape index (κ2) is 10.3. The van der Waals surface area contributed by atoms with E-state index >= 15 is 0 Å². The van der Waals surface area contributed by atoms with Crippen LogP contribution in [0.25, 0.3) is 0 Å². The predicted octanol–water partition coefficient (Wildman–Crippen LogP) is 3.44. The second-order valence-corrected chi connectivity index (χ2v) is 8.75. The van der Waals surface area contributed by atoms with Crippen molar-refractivity contribution >= 4 is 35.0 Å². The summed E-state index contributed by atoms with van der Waals surface area (Å²) in [4.78, 5) is 38.3. The highest BCUT2D eigenvalue weighted by molar-refractivity contribution is 6.05. The summed E-state index contributed by atoms with van der Waals surface area (Å²) >= 11 is 0. The van der Waals surface area contributed by atoms with Crippen molar-refractivity contribution in [2.45, 2.75) is 25.4 Å². The number of rotatable bonds is 8. The quantitative estimate of drug-likeness (QED) is 0.499. The van der Waals surface area contributed by atoms with E-state index in [1.54, 1.807) is 30.3 Å². The normalized spacial score (nSPS) is 16.5. The van der Waals surface area contributed by atoms with Crippen LogP contribution in [0.1, 0.15) is 28.8 Å². The largest absolute Gasteiger partial charge is 0.383 e. The summed E-state index contributed by atoms with van der Waals surface area (Å²) in [7, 11) is 1.62. The van der Waals surface area contributed by atoms with Gasteiger partial charge in [-0.05, 0) is 54.8 Å². The first-order chi connectivity index (χ1) is 17.5. The van der Waals surface area contributed by atoms with Crippen molar-refractivity contribution in [1.29, 1.82) is 0 Å². The maximum absolute atomic E-state index is 13.1. The number of amides is 2. The third-order valence-corrected chi connectivity index (χ3v) is 6.40. The molecule has 2 amide bonds. The number of fused-ring (bicyclic) bond motifs is 3. The Morgan fingerprint density at radius 1 is 1.17 bits per heavy atom. The summed E-state index contributed by atoms with van der Waals surface area (Å²) < 4.78 is 18.3. The molecule has 1 fully saturated rings. The van der Waals surface area contributed by atoms with Gasteiger partial charge in [0.05, 0.1) is 12.8 Å². The van der Waals surface area contributed by atoms with Crippen molar-refractivity contribution in [2.75, 3.05) is 47.2 Å². The monoisotopic (exact) mass is 490 g/mol. The third-order valence-electron chi connectivity index (χ3n) is 6.40. The Morgan fingerprint density at radius 3 is 2.69 bits per heavy atom. The molecule has 0 saturated carbocycles.